The van der Waals surface area contributed by atoms with Crippen molar-refractivity contribution in [3.05, 3.63) is 23.9 Å². The van der Waals surface area contributed by atoms with E-state index in [4.69, 9.17) is 5.26 Å². The molecule has 1 aromatic rings. The molecule has 0 bridgehead atoms. The van der Waals surface area contributed by atoms with Gasteiger partial charge in [0.05, 0.1) is 0 Å². The van der Waals surface area contributed by atoms with Crippen molar-refractivity contribution in [2.45, 2.75) is 11.5 Å². The van der Waals surface area contributed by atoms with Gasteiger partial charge in [-0.2, -0.15) is 0 Å². The van der Waals surface area contributed by atoms with E-state index in [0.29, 0.717) is 4.59 Å². The quantitative estimate of drug-likeness (QED) is 0.755. The maximum atomic E-state index is 11.8. The summed E-state index contributed by atoms with van der Waals surface area (Å²) >= 11 is -0.745. The number of hydrogen-bond donors (Lipinski definition) is 0. The monoisotopic (exact) mass is 266 g/mol. The molecule has 0 aliphatic heterocycles. The molecule has 0 spiro atoms. The summed E-state index contributed by atoms with van der Waals surface area (Å²) in [6, 6.07) is 6.29. The molecular formula is C8H5F3N2Se. The van der Waals surface area contributed by atoms with Gasteiger partial charge in [-0.05, 0) is 0 Å². The van der Waals surface area contributed by atoms with Gasteiger partial charge in [-0.3, -0.25) is 0 Å². The minimum atomic E-state index is -4.15. The molecule has 0 amide bonds. The zero-order chi connectivity index (χ0) is 10.6. The fraction of sp³-hybridized carbons (Fsp3) is 0.250. The molecule has 1 rings (SSSR count). The van der Waals surface area contributed by atoms with Crippen LogP contribution in [0.5, 0.6) is 0 Å². The molecule has 2 nitrogen and oxygen atoms in total. The van der Waals surface area contributed by atoms with Gasteiger partial charge in [-0.25, -0.2) is 0 Å². The van der Waals surface area contributed by atoms with Gasteiger partial charge in [0.2, 0.25) is 0 Å². The van der Waals surface area contributed by atoms with Crippen LogP contribution in [-0.4, -0.2) is 26.1 Å². The number of hydrogen-bond acceptors (Lipinski definition) is 2. The molecule has 1 aromatic heterocycles. The van der Waals surface area contributed by atoms with Gasteiger partial charge in [0.15, 0.2) is 0 Å². The number of rotatable bonds is 2. The topological polar surface area (TPSA) is 36.7 Å². The molecule has 0 unspecified atom stereocenters. The van der Waals surface area contributed by atoms with Crippen molar-refractivity contribution in [2.24, 2.45) is 0 Å². The van der Waals surface area contributed by atoms with Gasteiger partial charge in [0.1, 0.15) is 0 Å². The summed E-state index contributed by atoms with van der Waals surface area (Å²) in [5.74, 6) is 0. The predicted molar refractivity (Wildman–Crippen MR) is 45.2 cm³/mol. The molecule has 0 aliphatic carbocycles. The van der Waals surface area contributed by atoms with Gasteiger partial charge in [-0.1, -0.05) is 0 Å². The Kier molecular flexibility index (Phi) is 3.50. The Morgan fingerprint density at radius 2 is 2.14 bits per heavy atom. The summed E-state index contributed by atoms with van der Waals surface area (Å²) in [6.45, 7) is 0. The standard InChI is InChI=1S/C8H5F3N2Se/c9-8(10,11)5-14-7-3-1-2-6(4-12)13-7/h1-3H,5H2. The summed E-state index contributed by atoms with van der Waals surface area (Å²) < 4.78 is 35.9. The second kappa shape index (κ2) is 4.45. The average molecular weight is 265 g/mol. The number of aromatic nitrogens is 1. The SMILES string of the molecule is N#Cc1cccc([Se]CC(F)(F)F)n1. The van der Waals surface area contributed by atoms with E-state index in [1.54, 1.807) is 12.1 Å². The summed E-state index contributed by atoms with van der Waals surface area (Å²) in [7, 11) is 0. The first-order chi connectivity index (χ1) is 6.51. The van der Waals surface area contributed by atoms with Gasteiger partial charge >= 0.3 is 84.4 Å². The molecule has 74 valence electrons. The molecule has 0 fully saturated rings. The van der Waals surface area contributed by atoms with Crippen LogP contribution in [0.25, 0.3) is 0 Å². The number of pyridine rings is 1. The summed E-state index contributed by atoms with van der Waals surface area (Å²) in [4.78, 5) is 3.76. The Hall–Kier alpha value is -1.05. The third kappa shape index (κ3) is 3.77. The number of nitrogens with zero attached hydrogens (tertiary/aromatic N) is 2. The van der Waals surface area contributed by atoms with Gasteiger partial charge in [0.25, 0.3) is 0 Å². The zero-order valence-electron chi connectivity index (χ0n) is 6.88. The van der Waals surface area contributed by atoms with Gasteiger partial charge in [-0.15, -0.1) is 0 Å². The number of nitriles is 1. The van der Waals surface area contributed by atoms with Crippen molar-refractivity contribution in [2.75, 3.05) is 0 Å². The van der Waals surface area contributed by atoms with E-state index in [0.717, 1.165) is 0 Å². The Balaban J connectivity index is 2.65. The van der Waals surface area contributed by atoms with E-state index >= 15 is 0 Å². The van der Waals surface area contributed by atoms with Crippen LogP contribution in [0.15, 0.2) is 18.2 Å². The third-order valence-corrected chi connectivity index (χ3v) is 3.31. The van der Waals surface area contributed by atoms with E-state index in [1.165, 1.54) is 12.1 Å². The molecule has 0 atom stereocenters. The van der Waals surface area contributed by atoms with Crippen molar-refractivity contribution in [1.82, 2.24) is 4.98 Å². The Bertz CT molecular complexity index is 356. The molecule has 14 heavy (non-hydrogen) atoms. The predicted octanol–water partition coefficient (Wildman–Crippen LogP) is 1.26. The van der Waals surface area contributed by atoms with Gasteiger partial charge in [0, 0.05) is 0 Å². The average Bonchev–Trinajstić information content (AvgIpc) is 2.14. The van der Waals surface area contributed by atoms with E-state index in [1.807, 2.05) is 0 Å². The fourth-order valence-electron chi connectivity index (χ4n) is 0.713. The first-order valence-corrected chi connectivity index (χ1v) is 5.65. The Morgan fingerprint density at radius 3 is 2.71 bits per heavy atom. The van der Waals surface area contributed by atoms with Crippen LogP contribution in [0.4, 0.5) is 13.2 Å². The van der Waals surface area contributed by atoms with E-state index in [9.17, 15) is 13.2 Å². The second-order valence-corrected chi connectivity index (χ2v) is 4.47. The molecule has 0 saturated heterocycles. The normalized spacial score (nSPS) is 11.0. The molecule has 0 N–H and O–H groups in total. The molecule has 0 aromatic carbocycles. The van der Waals surface area contributed by atoms with Crippen LogP contribution < -0.4 is 4.59 Å². The van der Waals surface area contributed by atoms with Crippen molar-refractivity contribution in [1.29, 1.82) is 5.26 Å². The van der Waals surface area contributed by atoms with Crippen molar-refractivity contribution in [3.63, 3.8) is 0 Å². The van der Waals surface area contributed by atoms with Gasteiger partial charge < -0.3 is 0 Å². The molecule has 6 heteroatoms. The molecule has 0 aliphatic rings. The zero-order valence-corrected chi connectivity index (χ0v) is 8.59. The van der Waals surface area contributed by atoms with Crippen LogP contribution in [0, 0.1) is 11.3 Å². The number of halogens is 3. The van der Waals surface area contributed by atoms with Crippen LogP contribution in [0.2, 0.25) is 5.32 Å². The summed E-state index contributed by atoms with van der Waals surface area (Å²) in [6.07, 6.45) is -4.15. The van der Waals surface area contributed by atoms with Crippen LogP contribution >= 0.6 is 0 Å². The Labute approximate surface area is 84.9 Å². The van der Waals surface area contributed by atoms with E-state index in [2.05, 4.69) is 4.98 Å². The minimum absolute atomic E-state index is 0.159. The summed E-state index contributed by atoms with van der Waals surface area (Å²) in [5, 5.41) is 7.62. The summed E-state index contributed by atoms with van der Waals surface area (Å²) in [5.41, 5.74) is 0.159. The second-order valence-electron chi connectivity index (χ2n) is 2.38. The van der Waals surface area contributed by atoms with Crippen LogP contribution in [0.3, 0.4) is 0 Å². The Morgan fingerprint density at radius 1 is 1.43 bits per heavy atom. The van der Waals surface area contributed by atoms with Crippen molar-refractivity contribution >= 4 is 19.5 Å². The van der Waals surface area contributed by atoms with Crippen molar-refractivity contribution in [3.8, 4) is 6.07 Å². The third-order valence-electron chi connectivity index (χ3n) is 1.22. The number of alkyl halides is 3. The van der Waals surface area contributed by atoms with Crippen LogP contribution in [-0.2, 0) is 0 Å². The molecule has 0 radical (unpaired) electrons. The van der Waals surface area contributed by atoms with Crippen molar-refractivity contribution < 1.29 is 13.2 Å². The van der Waals surface area contributed by atoms with E-state index in [-0.39, 0.29) is 5.69 Å². The molecular weight excluding hydrogens is 260 g/mol. The maximum absolute atomic E-state index is 11.8. The van der Waals surface area contributed by atoms with E-state index < -0.39 is 26.5 Å². The molecule has 0 saturated carbocycles. The first-order valence-electron chi connectivity index (χ1n) is 3.58. The molecule has 1 heterocycles. The fourth-order valence-corrected chi connectivity index (χ4v) is 2.08. The first kappa shape index (κ1) is 11.0. The van der Waals surface area contributed by atoms with Crippen LogP contribution in [0.1, 0.15) is 5.69 Å².